The molecular weight excluding hydrogens is 525 g/mol. The number of aromatic amines is 1. The molecule has 1 spiro atoms. The van der Waals surface area contributed by atoms with Crippen LogP contribution in [0, 0.1) is 0 Å². The van der Waals surface area contributed by atoms with Crippen LogP contribution in [0.4, 0.5) is 18.9 Å². The van der Waals surface area contributed by atoms with Gasteiger partial charge in [-0.25, -0.2) is 9.97 Å². The van der Waals surface area contributed by atoms with Crippen molar-refractivity contribution in [3.63, 3.8) is 0 Å². The second-order valence-electron chi connectivity index (χ2n) is 10.5. The van der Waals surface area contributed by atoms with Gasteiger partial charge in [0.1, 0.15) is 11.4 Å². The minimum atomic E-state index is -4.68. The Morgan fingerprint density at radius 1 is 1.10 bits per heavy atom. The molecule has 0 aromatic carbocycles. The van der Waals surface area contributed by atoms with E-state index >= 15 is 0 Å². The van der Waals surface area contributed by atoms with Crippen molar-refractivity contribution < 1.29 is 22.7 Å². The minimum absolute atomic E-state index is 0.0365. The van der Waals surface area contributed by atoms with Gasteiger partial charge in [0, 0.05) is 50.4 Å². The largest absolute Gasteiger partial charge is 0.477 e. The summed E-state index contributed by atoms with van der Waals surface area (Å²) in [4.78, 5) is 40.1. The molecule has 1 amide bonds. The number of alkyl halides is 3. The summed E-state index contributed by atoms with van der Waals surface area (Å²) in [7, 11) is 0. The maximum atomic E-state index is 13.8. The number of piperidine rings is 1. The van der Waals surface area contributed by atoms with Gasteiger partial charge >= 0.3 is 6.18 Å². The van der Waals surface area contributed by atoms with E-state index in [4.69, 9.17) is 9.72 Å². The molecule has 3 aliphatic heterocycles. The van der Waals surface area contributed by atoms with Crippen LogP contribution in [-0.4, -0.2) is 71.1 Å². The van der Waals surface area contributed by atoms with E-state index < -0.39 is 22.8 Å². The Balaban J connectivity index is 1.37. The van der Waals surface area contributed by atoms with Crippen molar-refractivity contribution in [3.05, 3.63) is 69.9 Å². The summed E-state index contributed by atoms with van der Waals surface area (Å²) in [5, 5.41) is 3.22. The molecule has 6 heterocycles. The first-order chi connectivity index (χ1) is 19.2. The number of hydrogen-bond donors (Lipinski definition) is 2. The molecule has 0 radical (unpaired) electrons. The van der Waals surface area contributed by atoms with Crippen molar-refractivity contribution in [2.45, 2.75) is 37.4 Å². The predicted molar refractivity (Wildman–Crippen MR) is 142 cm³/mol. The molecule has 40 heavy (non-hydrogen) atoms. The first kappa shape index (κ1) is 26.3. The lowest BCUT2D eigenvalue weighted by Gasteiger charge is -2.51. The number of pyridine rings is 3. The third-order valence-corrected chi connectivity index (χ3v) is 8.17. The summed E-state index contributed by atoms with van der Waals surface area (Å²) in [6.07, 6.45) is -1.99. The van der Waals surface area contributed by atoms with E-state index in [0.717, 1.165) is 11.6 Å². The third kappa shape index (κ3) is 4.49. The number of carbonyl (C=O) groups is 1. The zero-order valence-electron chi connectivity index (χ0n) is 21.9. The Hall–Kier alpha value is -3.93. The highest BCUT2D eigenvalue weighted by molar-refractivity contribution is 5.96. The number of rotatable bonds is 5. The van der Waals surface area contributed by atoms with Crippen LogP contribution in [0.2, 0.25) is 0 Å². The highest BCUT2D eigenvalue weighted by Crippen LogP contribution is 2.45. The molecule has 0 bridgehead atoms. The molecule has 9 nitrogen and oxygen atoms in total. The standard InChI is InChI=1S/C28H29F3N6O3/c1-2-40-25-18(4-3-11-33-25)20-6-5-19-23(34-20)26(39)37(17-14-32-15-17)16-27(19)9-12-36(13-10-27)21-7-8-22(38)35-24(21)28(29,30)31/h3-8,11,17,32H,2,9-10,12-16H2,1H3,(H,35,38). The molecule has 2 N–H and O–H groups in total. The monoisotopic (exact) mass is 554 g/mol. The lowest BCUT2D eigenvalue weighted by molar-refractivity contribution is -0.140. The fourth-order valence-corrected chi connectivity index (χ4v) is 6.00. The zero-order chi connectivity index (χ0) is 28.1. The van der Waals surface area contributed by atoms with Gasteiger partial charge in [0.2, 0.25) is 11.4 Å². The van der Waals surface area contributed by atoms with Gasteiger partial charge in [0.05, 0.1) is 29.6 Å². The van der Waals surface area contributed by atoms with E-state index in [1.54, 1.807) is 17.2 Å². The number of H-pyrrole nitrogens is 1. The first-order valence-electron chi connectivity index (χ1n) is 13.4. The number of carbonyl (C=O) groups excluding carboxylic acids is 1. The summed E-state index contributed by atoms with van der Waals surface area (Å²) in [5.41, 5.74) is 0.125. The topological polar surface area (TPSA) is 103 Å². The second-order valence-corrected chi connectivity index (χ2v) is 10.5. The molecule has 210 valence electrons. The minimum Gasteiger partial charge on any atom is -0.477 e. The first-order valence-corrected chi connectivity index (χ1v) is 13.4. The summed E-state index contributed by atoms with van der Waals surface area (Å²) in [6, 6.07) is 9.84. The number of ether oxygens (including phenoxy) is 1. The number of aromatic nitrogens is 3. The molecule has 6 rings (SSSR count). The van der Waals surface area contributed by atoms with Crippen LogP contribution in [0.3, 0.4) is 0 Å². The molecule has 0 saturated carbocycles. The smallest absolute Gasteiger partial charge is 0.433 e. The number of nitrogens with one attached hydrogen (secondary N) is 2. The molecule has 2 saturated heterocycles. The average molecular weight is 555 g/mol. The number of amides is 1. The number of nitrogens with zero attached hydrogens (tertiary/aromatic N) is 4. The van der Waals surface area contributed by atoms with E-state index in [-0.39, 0.29) is 17.6 Å². The molecule has 0 atom stereocenters. The Bertz CT molecular complexity index is 1500. The number of halogens is 3. The van der Waals surface area contributed by atoms with Gasteiger partial charge in [-0.15, -0.1) is 0 Å². The van der Waals surface area contributed by atoms with E-state index in [0.29, 0.717) is 75.0 Å². The fraction of sp³-hybridized carbons (Fsp3) is 0.429. The van der Waals surface area contributed by atoms with Gasteiger partial charge < -0.3 is 24.8 Å². The van der Waals surface area contributed by atoms with Crippen molar-refractivity contribution in [1.29, 1.82) is 0 Å². The van der Waals surface area contributed by atoms with Crippen molar-refractivity contribution >= 4 is 11.6 Å². The summed E-state index contributed by atoms with van der Waals surface area (Å²) >= 11 is 0. The quantitative estimate of drug-likeness (QED) is 0.499. The van der Waals surface area contributed by atoms with Crippen molar-refractivity contribution in [2.24, 2.45) is 0 Å². The number of hydrogen-bond acceptors (Lipinski definition) is 7. The predicted octanol–water partition coefficient (Wildman–Crippen LogP) is 3.22. The Morgan fingerprint density at radius 3 is 2.55 bits per heavy atom. The Morgan fingerprint density at radius 2 is 1.88 bits per heavy atom. The van der Waals surface area contributed by atoms with Gasteiger partial charge in [0.15, 0.2) is 0 Å². The lowest BCUT2D eigenvalue weighted by atomic mass is 9.69. The van der Waals surface area contributed by atoms with Crippen molar-refractivity contribution in [2.75, 3.05) is 44.2 Å². The second kappa shape index (κ2) is 9.92. The van der Waals surface area contributed by atoms with E-state index in [1.165, 1.54) is 6.07 Å². The zero-order valence-corrected chi connectivity index (χ0v) is 21.9. The molecule has 3 aliphatic rings. The maximum Gasteiger partial charge on any atom is 0.433 e. The number of anilines is 1. The van der Waals surface area contributed by atoms with Crippen LogP contribution in [-0.2, 0) is 11.6 Å². The molecule has 0 unspecified atom stereocenters. The molecule has 3 aromatic heterocycles. The average Bonchev–Trinajstić information content (AvgIpc) is 2.91. The molecule has 3 aromatic rings. The molecular formula is C28H29F3N6O3. The van der Waals surface area contributed by atoms with E-state index in [9.17, 15) is 22.8 Å². The van der Waals surface area contributed by atoms with Crippen LogP contribution >= 0.6 is 0 Å². The summed E-state index contributed by atoms with van der Waals surface area (Å²) in [5.74, 6) is 0.295. The third-order valence-electron chi connectivity index (χ3n) is 8.17. The van der Waals surface area contributed by atoms with Crippen molar-refractivity contribution in [3.8, 4) is 17.1 Å². The van der Waals surface area contributed by atoms with Crippen LogP contribution in [0.5, 0.6) is 5.88 Å². The van der Waals surface area contributed by atoms with Crippen LogP contribution in [0.25, 0.3) is 11.3 Å². The van der Waals surface area contributed by atoms with Crippen LogP contribution in [0.1, 0.15) is 41.5 Å². The normalized spacial score (nSPS) is 18.9. The summed E-state index contributed by atoms with van der Waals surface area (Å²) < 4.78 is 46.9. The van der Waals surface area contributed by atoms with Gasteiger partial charge in [-0.3, -0.25) is 9.59 Å². The molecule has 2 fully saturated rings. The fourth-order valence-electron chi connectivity index (χ4n) is 6.00. The van der Waals surface area contributed by atoms with Crippen molar-refractivity contribution in [1.82, 2.24) is 25.2 Å². The lowest BCUT2D eigenvalue weighted by Crippen LogP contribution is -2.64. The SMILES string of the molecule is CCOc1ncccc1-c1ccc2c(n1)C(=O)N(C1CNC1)CC21CCN(c2ccc(=O)[nH]c2C(F)(F)F)CC1. The highest BCUT2D eigenvalue weighted by Gasteiger charge is 2.49. The van der Waals surface area contributed by atoms with Gasteiger partial charge in [0.25, 0.3) is 5.91 Å². The van der Waals surface area contributed by atoms with E-state index in [1.807, 2.05) is 35.0 Å². The molecule has 0 aliphatic carbocycles. The Kier molecular flexibility index (Phi) is 6.52. The van der Waals surface area contributed by atoms with Gasteiger partial charge in [-0.1, -0.05) is 6.07 Å². The number of fused-ring (bicyclic) bond motifs is 2. The van der Waals surface area contributed by atoms with Gasteiger partial charge in [-0.05, 0) is 49.6 Å². The molecule has 12 heteroatoms. The maximum absolute atomic E-state index is 13.8. The Labute approximate surface area is 228 Å². The van der Waals surface area contributed by atoms with Crippen LogP contribution < -0.4 is 20.5 Å². The summed E-state index contributed by atoms with van der Waals surface area (Å²) in [6.45, 7) is 4.82. The highest BCUT2D eigenvalue weighted by atomic mass is 19.4. The van der Waals surface area contributed by atoms with Crippen LogP contribution in [0.15, 0.2) is 47.4 Å². The van der Waals surface area contributed by atoms with Gasteiger partial charge in [-0.2, -0.15) is 13.2 Å². The van der Waals surface area contributed by atoms with E-state index in [2.05, 4.69) is 10.3 Å².